The van der Waals surface area contributed by atoms with Gasteiger partial charge in [0.25, 0.3) is 0 Å². The number of carbonyl (C=O) groups excluding carboxylic acids is 2. The molecule has 0 aliphatic rings. The number of carbonyl (C=O) groups is 2. The van der Waals surface area contributed by atoms with Gasteiger partial charge >= 0.3 is 6.03 Å². The minimum absolute atomic E-state index is 0. The van der Waals surface area contributed by atoms with E-state index in [1.54, 1.807) is 0 Å². The molecule has 0 aromatic carbocycles. The molecule has 0 aliphatic heterocycles. The van der Waals surface area contributed by atoms with Crippen molar-refractivity contribution in [2.24, 2.45) is 5.73 Å². The van der Waals surface area contributed by atoms with Gasteiger partial charge in [-0.1, -0.05) is 108 Å². The van der Waals surface area contributed by atoms with Crippen molar-refractivity contribution in [3.63, 3.8) is 0 Å². The van der Waals surface area contributed by atoms with Crippen LogP contribution in [0.4, 0.5) is 4.79 Å². The molecule has 3 N–H and O–H groups in total. The summed E-state index contributed by atoms with van der Waals surface area (Å²) in [5, 5.41) is 2.04. The number of alkyl halides is 1. The van der Waals surface area contributed by atoms with Crippen LogP contribution in [0.15, 0.2) is 0 Å². The lowest BCUT2D eigenvalue weighted by Gasteiger charge is -2.21. The number of hydrogen-bond donors (Lipinski definition) is 2. The highest BCUT2D eigenvalue weighted by Gasteiger charge is 2.32. The van der Waals surface area contributed by atoms with Crippen LogP contribution in [0, 0.1) is 0 Å². The smallest absolute Gasteiger partial charge is 0.318 e. The molecule has 0 saturated carbocycles. The fourth-order valence-corrected chi connectivity index (χ4v) is 2.45. The van der Waals surface area contributed by atoms with Crippen LogP contribution in [0.5, 0.6) is 0 Å². The number of unbranched alkanes of at least 4 members (excludes halogenated alkanes) is 9. The Kier molecular flexibility index (Phi) is 29.8. The Morgan fingerprint density at radius 3 is 1.31 bits per heavy atom. The Hall–Kier alpha value is -0.000000000000000111. The van der Waals surface area contributed by atoms with Crippen molar-refractivity contribution in [2.75, 3.05) is 0 Å². The lowest BCUT2D eigenvalue weighted by atomic mass is 10.0. The molecule has 4 nitrogen and oxygen atoms in total. The van der Waals surface area contributed by atoms with Gasteiger partial charge in [0.05, 0.1) is 0 Å². The number of rotatable bonds is 12. The molecule has 0 saturated heterocycles. The summed E-state index contributed by atoms with van der Waals surface area (Å²) in [5.41, 5.74) is 4.81. The topological polar surface area (TPSA) is 72.2 Å². The summed E-state index contributed by atoms with van der Waals surface area (Å²) >= 11 is 3.26. The average Bonchev–Trinajstić information content (AvgIpc) is 2.56. The maximum absolute atomic E-state index is 11.3. The molecule has 0 aromatic heterocycles. The quantitative estimate of drug-likeness (QED) is 0.236. The summed E-state index contributed by atoms with van der Waals surface area (Å²) in [4.78, 5) is 21.6. The summed E-state index contributed by atoms with van der Waals surface area (Å²) in [6.07, 6.45) is 15.7. The van der Waals surface area contributed by atoms with Gasteiger partial charge in [-0.2, -0.15) is 0 Å². The predicted molar refractivity (Wildman–Crippen MR) is 122 cm³/mol. The first kappa shape index (κ1) is 33.6. The second kappa shape index (κ2) is 23.0. The largest absolute Gasteiger partial charge is 0.351 e. The standard InChI is InChI=1S/C12H26.C7H13BrN2O2.2ClH/c1-3-5-7-9-11-12-10-8-6-4-2;1-3-7(8,4-2)5(11)10-6(9)12;;/h3-12H2,1-2H3;3-4H2,1-2H3,(H3,9,10,11,12);2*1H. The first-order chi connectivity index (χ1) is 11.4. The van der Waals surface area contributed by atoms with E-state index in [0.29, 0.717) is 12.8 Å². The zero-order valence-electron chi connectivity index (χ0n) is 17.1. The zero-order chi connectivity index (χ0) is 18.8. The van der Waals surface area contributed by atoms with E-state index < -0.39 is 10.4 Å². The van der Waals surface area contributed by atoms with Gasteiger partial charge < -0.3 is 5.73 Å². The molecule has 0 spiro atoms. The number of amides is 3. The summed E-state index contributed by atoms with van der Waals surface area (Å²) in [5.74, 6) is -0.375. The Labute approximate surface area is 182 Å². The van der Waals surface area contributed by atoms with E-state index >= 15 is 0 Å². The van der Waals surface area contributed by atoms with Crippen molar-refractivity contribution in [1.82, 2.24) is 5.32 Å². The summed E-state index contributed by atoms with van der Waals surface area (Å²) in [6, 6.07) is -0.814. The van der Waals surface area contributed by atoms with Gasteiger partial charge in [0, 0.05) is 0 Å². The minimum atomic E-state index is -0.814. The normalized spacial score (nSPS) is 9.88. The van der Waals surface area contributed by atoms with Crippen LogP contribution in [0.1, 0.15) is 105 Å². The lowest BCUT2D eigenvalue weighted by Crippen LogP contribution is -2.46. The second-order valence-electron chi connectivity index (χ2n) is 6.32. The van der Waals surface area contributed by atoms with Gasteiger partial charge in [-0.15, -0.1) is 24.8 Å². The molecule has 0 fully saturated rings. The highest BCUT2D eigenvalue weighted by atomic mass is 79.9. The molecular weight excluding hydrogens is 439 g/mol. The van der Waals surface area contributed by atoms with E-state index in [-0.39, 0.29) is 30.7 Å². The van der Waals surface area contributed by atoms with Crippen molar-refractivity contribution < 1.29 is 9.59 Å². The molecule has 0 bridgehead atoms. The van der Waals surface area contributed by atoms with Gasteiger partial charge in [0.2, 0.25) is 5.91 Å². The van der Waals surface area contributed by atoms with Crippen molar-refractivity contribution in [3.8, 4) is 0 Å². The number of imide groups is 1. The fourth-order valence-electron chi connectivity index (χ4n) is 2.36. The summed E-state index contributed by atoms with van der Waals surface area (Å²) < 4.78 is -0.665. The maximum Gasteiger partial charge on any atom is 0.318 e. The Morgan fingerprint density at radius 1 is 0.769 bits per heavy atom. The molecule has 0 rings (SSSR count). The molecule has 0 aliphatic carbocycles. The monoisotopic (exact) mass is 478 g/mol. The lowest BCUT2D eigenvalue weighted by molar-refractivity contribution is -0.122. The number of hydrogen-bond acceptors (Lipinski definition) is 2. The molecule has 0 unspecified atom stereocenters. The number of nitrogens with two attached hydrogens (primary N) is 1. The third-order valence-corrected chi connectivity index (χ3v) is 5.70. The number of urea groups is 1. The van der Waals surface area contributed by atoms with Crippen LogP contribution in [0.25, 0.3) is 0 Å². The average molecular weight is 480 g/mol. The van der Waals surface area contributed by atoms with Gasteiger partial charge in [-0.05, 0) is 12.8 Å². The predicted octanol–water partition coefficient (Wildman–Crippen LogP) is 6.91. The molecule has 3 amide bonds. The molecule has 0 heterocycles. The van der Waals surface area contributed by atoms with Crippen LogP contribution in [0.2, 0.25) is 0 Å². The van der Waals surface area contributed by atoms with Crippen molar-refractivity contribution in [1.29, 1.82) is 0 Å². The number of primary amides is 1. The maximum atomic E-state index is 11.3. The van der Waals surface area contributed by atoms with E-state index in [0.717, 1.165) is 0 Å². The zero-order valence-corrected chi connectivity index (χ0v) is 20.3. The van der Waals surface area contributed by atoms with Crippen LogP contribution in [0.3, 0.4) is 0 Å². The van der Waals surface area contributed by atoms with Crippen LogP contribution < -0.4 is 11.1 Å². The van der Waals surface area contributed by atoms with E-state index in [1.165, 1.54) is 64.2 Å². The highest BCUT2D eigenvalue weighted by molar-refractivity contribution is 9.10. The highest BCUT2D eigenvalue weighted by Crippen LogP contribution is 2.26. The molecule has 26 heavy (non-hydrogen) atoms. The van der Waals surface area contributed by atoms with E-state index in [9.17, 15) is 9.59 Å². The Morgan fingerprint density at radius 2 is 1.08 bits per heavy atom. The molecule has 160 valence electrons. The Bertz CT molecular complexity index is 319. The van der Waals surface area contributed by atoms with E-state index in [1.807, 2.05) is 19.2 Å². The van der Waals surface area contributed by atoms with Crippen LogP contribution >= 0.6 is 40.7 Å². The van der Waals surface area contributed by atoms with Crippen molar-refractivity contribution in [2.45, 2.75) is 109 Å². The molecule has 0 atom stereocenters. The molecule has 0 radical (unpaired) electrons. The third kappa shape index (κ3) is 20.3. The fraction of sp³-hybridized carbons (Fsp3) is 0.895. The molecular formula is C19H41BrCl2N2O2. The SMILES string of the molecule is CCC(Br)(CC)C(=O)NC(N)=O.CCCCCCCCCCCC.Cl.Cl. The third-order valence-electron chi connectivity index (χ3n) is 4.22. The number of nitrogens with one attached hydrogen (secondary N) is 1. The van der Waals surface area contributed by atoms with E-state index in [4.69, 9.17) is 5.73 Å². The summed E-state index contributed by atoms with van der Waals surface area (Å²) in [7, 11) is 0. The van der Waals surface area contributed by atoms with Gasteiger partial charge in [-0.3, -0.25) is 10.1 Å². The van der Waals surface area contributed by atoms with Gasteiger partial charge in [-0.25, -0.2) is 4.79 Å². The van der Waals surface area contributed by atoms with E-state index in [2.05, 4.69) is 29.8 Å². The Balaban J connectivity index is -0.000000173. The first-order valence-electron chi connectivity index (χ1n) is 9.67. The van der Waals surface area contributed by atoms with Gasteiger partial charge in [0.1, 0.15) is 4.32 Å². The minimum Gasteiger partial charge on any atom is -0.351 e. The van der Waals surface area contributed by atoms with Crippen LogP contribution in [-0.4, -0.2) is 16.3 Å². The number of halogens is 3. The van der Waals surface area contributed by atoms with Crippen molar-refractivity contribution >= 4 is 52.7 Å². The molecule has 7 heteroatoms. The molecule has 0 aromatic rings. The first-order valence-corrected chi connectivity index (χ1v) is 10.5. The van der Waals surface area contributed by atoms with Crippen molar-refractivity contribution in [3.05, 3.63) is 0 Å². The summed E-state index contributed by atoms with van der Waals surface area (Å²) in [6.45, 7) is 8.28. The van der Waals surface area contributed by atoms with Gasteiger partial charge in [0.15, 0.2) is 0 Å². The van der Waals surface area contributed by atoms with Crippen LogP contribution in [-0.2, 0) is 4.79 Å². The second-order valence-corrected chi connectivity index (χ2v) is 7.84.